The Hall–Kier alpha value is -2.95. The quantitative estimate of drug-likeness (QED) is 0.494. The van der Waals surface area contributed by atoms with Gasteiger partial charge in [-0.05, 0) is 55.4 Å². The van der Waals surface area contributed by atoms with Gasteiger partial charge in [0.2, 0.25) is 5.91 Å². The first-order valence-electron chi connectivity index (χ1n) is 12.4. The topological polar surface area (TPSA) is 108 Å². The SMILES string of the molecule is Cc1cc([C@@H](C(=O)N2C[C@H](O)C[C@@H]2C2=N[C@@](C)(c3ccc(-c4scnc4C)cc3)C(=O)N2)C(C)C)sn1. The highest BCUT2D eigenvalue weighted by molar-refractivity contribution is 7.13. The molecule has 2 aliphatic rings. The third-order valence-electron chi connectivity index (χ3n) is 7.25. The lowest BCUT2D eigenvalue weighted by Gasteiger charge is -2.29. The Morgan fingerprint density at radius 2 is 1.97 bits per heavy atom. The Bertz CT molecular complexity index is 1360. The van der Waals surface area contributed by atoms with E-state index in [9.17, 15) is 14.7 Å². The van der Waals surface area contributed by atoms with Gasteiger partial charge in [-0.25, -0.2) is 9.98 Å². The summed E-state index contributed by atoms with van der Waals surface area (Å²) in [6.07, 6.45) is -0.352. The summed E-state index contributed by atoms with van der Waals surface area (Å²) >= 11 is 2.92. The standard InChI is InChI=1S/C27H31N5O3S2/c1-14(2)22(21-10-15(3)31-37-21)25(34)32-12-19(33)11-20(32)24-29-26(35)27(5,30-24)18-8-6-17(7-9-18)23-16(4)28-13-36-23/h6-10,13-14,19-20,22,33H,11-12H2,1-5H3,(H,29,30,35)/t19-,20-,22+,27+/m1/s1. The minimum atomic E-state index is -1.12. The third kappa shape index (κ3) is 4.62. The monoisotopic (exact) mass is 537 g/mol. The van der Waals surface area contributed by atoms with E-state index in [-0.39, 0.29) is 30.2 Å². The van der Waals surface area contributed by atoms with Crippen LogP contribution in [0, 0.1) is 19.8 Å². The van der Waals surface area contributed by atoms with E-state index in [1.165, 1.54) is 11.5 Å². The molecule has 0 aliphatic carbocycles. The maximum Gasteiger partial charge on any atom is 0.257 e. The fourth-order valence-corrected chi connectivity index (χ4v) is 7.02. The zero-order valence-electron chi connectivity index (χ0n) is 21.6. The molecule has 194 valence electrons. The van der Waals surface area contributed by atoms with E-state index in [4.69, 9.17) is 4.99 Å². The summed E-state index contributed by atoms with van der Waals surface area (Å²) < 4.78 is 4.37. The molecule has 2 N–H and O–H groups in total. The molecule has 4 atom stereocenters. The van der Waals surface area contributed by atoms with Gasteiger partial charge in [0, 0.05) is 17.8 Å². The van der Waals surface area contributed by atoms with Crippen molar-refractivity contribution in [1.29, 1.82) is 0 Å². The fourth-order valence-electron chi connectivity index (χ4n) is 5.20. The lowest BCUT2D eigenvalue weighted by Crippen LogP contribution is -2.48. The van der Waals surface area contributed by atoms with Crippen molar-refractivity contribution in [1.82, 2.24) is 19.6 Å². The van der Waals surface area contributed by atoms with E-state index in [2.05, 4.69) is 14.7 Å². The van der Waals surface area contributed by atoms with Crippen molar-refractivity contribution in [2.75, 3.05) is 6.54 Å². The molecular formula is C27H31N5O3S2. The first-order valence-corrected chi connectivity index (χ1v) is 14.1. The predicted octanol–water partition coefficient (Wildman–Crippen LogP) is 4.03. The van der Waals surface area contributed by atoms with Crippen molar-refractivity contribution >= 4 is 40.5 Å². The fraction of sp³-hybridized carbons (Fsp3) is 0.444. The maximum absolute atomic E-state index is 13.8. The molecule has 1 saturated heterocycles. The third-order valence-corrected chi connectivity index (χ3v) is 9.19. The molecule has 2 aliphatic heterocycles. The van der Waals surface area contributed by atoms with Gasteiger partial charge in [-0.15, -0.1) is 11.3 Å². The molecule has 0 bridgehead atoms. The summed E-state index contributed by atoms with van der Waals surface area (Å²) in [6, 6.07) is 9.28. The van der Waals surface area contributed by atoms with Crippen molar-refractivity contribution in [2.24, 2.45) is 10.9 Å². The van der Waals surface area contributed by atoms with Crippen LogP contribution in [0.1, 0.15) is 54.9 Å². The molecule has 0 radical (unpaired) electrons. The number of aliphatic hydroxyl groups excluding tert-OH is 1. The minimum absolute atomic E-state index is 0.0526. The lowest BCUT2D eigenvalue weighted by molar-refractivity contribution is -0.134. The number of β-amino-alcohol motifs (C(OH)–C–C–N with tert-alkyl or cyclic N) is 1. The predicted molar refractivity (Wildman–Crippen MR) is 146 cm³/mol. The molecule has 5 rings (SSSR count). The van der Waals surface area contributed by atoms with E-state index in [1.807, 2.05) is 63.5 Å². The van der Waals surface area contributed by atoms with E-state index in [0.29, 0.717) is 12.3 Å². The molecule has 37 heavy (non-hydrogen) atoms. The van der Waals surface area contributed by atoms with Crippen LogP contribution in [-0.2, 0) is 15.1 Å². The van der Waals surface area contributed by atoms with Crippen LogP contribution < -0.4 is 5.32 Å². The summed E-state index contributed by atoms with van der Waals surface area (Å²) in [5, 5.41) is 13.5. The number of amidine groups is 1. The number of hydrogen-bond acceptors (Lipinski definition) is 8. The van der Waals surface area contributed by atoms with E-state index in [0.717, 1.165) is 32.3 Å². The number of nitrogens with zero attached hydrogens (tertiary/aromatic N) is 4. The number of amides is 2. The van der Waals surface area contributed by atoms with E-state index < -0.39 is 17.7 Å². The van der Waals surface area contributed by atoms with Crippen LogP contribution in [0.2, 0.25) is 0 Å². The van der Waals surface area contributed by atoms with Crippen LogP contribution >= 0.6 is 22.9 Å². The lowest BCUT2D eigenvalue weighted by atomic mass is 9.91. The van der Waals surface area contributed by atoms with Gasteiger partial charge in [-0.2, -0.15) is 4.37 Å². The van der Waals surface area contributed by atoms with Gasteiger partial charge in [0.05, 0.1) is 39.8 Å². The van der Waals surface area contributed by atoms with E-state index >= 15 is 0 Å². The van der Waals surface area contributed by atoms with Gasteiger partial charge < -0.3 is 15.3 Å². The van der Waals surface area contributed by atoms with Gasteiger partial charge in [-0.1, -0.05) is 38.1 Å². The molecule has 1 fully saturated rings. The number of aliphatic hydroxyl groups is 1. The summed E-state index contributed by atoms with van der Waals surface area (Å²) in [4.78, 5) is 39.9. The maximum atomic E-state index is 13.8. The Kier molecular flexibility index (Phi) is 6.76. The zero-order valence-corrected chi connectivity index (χ0v) is 23.2. The summed E-state index contributed by atoms with van der Waals surface area (Å²) in [6.45, 7) is 9.92. The molecule has 3 aromatic rings. The van der Waals surface area contributed by atoms with Crippen LogP contribution in [0.15, 0.2) is 40.8 Å². The first-order chi connectivity index (χ1) is 17.6. The van der Waals surface area contributed by atoms with Crippen LogP contribution in [-0.4, -0.2) is 55.7 Å². The van der Waals surface area contributed by atoms with Crippen LogP contribution in [0.5, 0.6) is 0 Å². The van der Waals surface area contributed by atoms with Crippen LogP contribution in [0.3, 0.4) is 0 Å². The summed E-state index contributed by atoms with van der Waals surface area (Å²) in [5.41, 5.74) is 4.37. The molecule has 2 aromatic heterocycles. The molecule has 0 saturated carbocycles. The van der Waals surface area contributed by atoms with Crippen molar-refractivity contribution in [3.8, 4) is 10.4 Å². The smallest absolute Gasteiger partial charge is 0.257 e. The zero-order chi connectivity index (χ0) is 26.5. The number of nitrogens with one attached hydrogen (secondary N) is 1. The van der Waals surface area contributed by atoms with Crippen molar-refractivity contribution in [3.05, 3.63) is 57.7 Å². The molecule has 4 heterocycles. The normalized spacial score (nSPS) is 24.5. The summed E-state index contributed by atoms with van der Waals surface area (Å²) in [7, 11) is 0. The second-order valence-corrected chi connectivity index (χ2v) is 12.0. The Morgan fingerprint density at radius 1 is 1.24 bits per heavy atom. The number of benzene rings is 1. The van der Waals surface area contributed by atoms with Gasteiger partial charge in [0.25, 0.3) is 5.91 Å². The molecule has 2 amide bonds. The highest BCUT2D eigenvalue weighted by Gasteiger charge is 2.48. The minimum Gasteiger partial charge on any atom is -0.391 e. The van der Waals surface area contributed by atoms with Crippen molar-refractivity contribution in [2.45, 2.75) is 64.6 Å². The Morgan fingerprint density at radius 3 is 2.57 bits per heavy atom. The molecular weight excluding hydrogens is 506 g/mol. The molecule has 0 unspecified atom stereocenters. The first kappa shape index (κ1) is 25.7. The second kappa shape index (κ2) is 9.74. The number of rotatable bonds is 6. The van der Waals surface area contributed by atoms with Gasteiger partial charge in [-0.3, -0.25) is 9.59 Å². The number of aryl methyl sites for hydroxylation is 2. The van der Waals surface area contributed by atoms with Gasteiger partial charge in [0.1, 0.15) is 5.84 Å². The number of aromatic nitrogens is 2. The molecule has 1 aromatic carbocycles. The number of hydrogen-bond donors (Lipinski definition) is 2. The van der Waals surface area contributed by atoms with Crippen molar-refractivity contribution < 1.29 is 14.7 Å². The number of aliphatic imine (C=N–C) groups is 1. The number of carbonyl (C=O) groups excluding carboxylic acids is 2. The molecule has 8 nitrogen and oxygen atoms in total. The van der Waals surface area contributed by atoms with E-state index in [1.54, 1.807) is 23.2 Å². The van der Waals surface area contributed by atoms with Crippen molar-refractivity contribution in [3.63, 3.8) is 0 Å². The second-order valence-electron chi connectivity index (χ2n) is 10.4. The summed E-state index contributed by atoms with van der Waals surface area (Å²) in [5.74, 6) is -0.197. The molecule has 10 heteroatoms. The number of likely N-dealkylation sites (tertiary alicyclic amines) is 1. The number of carbonyl (C=O) groups is 2. The Labute approximate surface area is 224 Å². The van der Waals surface area contributed by atoms with Gasteiger partial charge >= 0.3 is 0 Å². The largest absolute Gasteiger partial charge is 0.391 e. The number of thiazole rings is 1. The Balaban J connectivity index is 1.43. The van der Waals surface area contributed by atoms with Gasteiger partial charge in [0.15, 0.2) is 5.54 Å². The van der Waals surface area contributed by atoms with Crippen LogP contribution in [0.4, 0.5) is 0 Å². The molecule has 0 spiro atoms. The average Bonchev–Trinajstić information content (AvgIpc) is 3.62. The van der Waals surface area contributed by atoms with Crippen LogP contribution in [0.25, 0.3) is 10.4 Å². The highest BCUT2D eigenvalue weighted by atomic mass is 32.1. The highest BCUT2D eigenvalue weighted by Crippen LogP contribution is 2.37. The average molecular weight is 538 g/mol.